The molecule has 0 aliphatic carbocycles. The van der Waals surface area contributed by atoms with Crippen molar-refractivity contribution in [2.75, 3.05) is 0 Å². The zero-order valence-corrected chi connectivity index (χ0v) is 10.3. The van der Waals surface area contributed by atoms with Gasteiger partial charge >= 0.3 is 0 Å². The molecule has 0 radical (unpaired) electrons. The normalized spacial score (nSPS) is 12.6. The first kappa shape index (κ1) is 11.8. The van der Waals surface area contributed by atoms with E-state index < -0.39 is 0 Å². The third kappa shape index (κ3) is 3.67. The second kappa shape index (κ2) is 5.59. The highest BCUT2D eigenvalue weighted by Gasteiger charge is 2.02. The lowest BCUT2D eigenvalue weighted by atomic mass is 10.2. The third-order valence-corrected chi connectivity index (χ3v) is 2.67. The number of rotatable bonds is 5. The zero-order valence-electron chi connectivity index (χ0n) is 10.3. The minimum atomic E-state index is 0.408. The summed E-state index contributed by atoms with van der Waals surface area (Å²) in [6.45, 7) is 5.95. The molecule has 0 spiro atoms. The SMILES string of the molecule is Cc1ccc(CNC(C)Cn2ccnc2)cn1. The van der Waals surface area contributed by atoms with E-state index in [1.807, 2.05) is 31.7 Å². The van der Waals surface area contributed by atoms with Crippen LogP contribution in [0.1, 0.15) is 18.2 Å². The minimum Gasteiger partial charge on any atom is -0.336 e. The van der Waals surface area contributed by atoms with Crippen molar-refractivity contribution in [3.63, 3.8) is 0 Å². The Morgan fingerprint density at radius 2 is 2.29 bits per heavy atom. The first-order valence-corrected chi connectivity index (χ1v) is 5.84. The molecule has 0 saturated heterocycles. The zero-order chi connectivity index (χ0) is 12.1. The molecule has 0 aromatic carbocycles. The Hall–Kier alpha value is -1.68. The lowest BCUT2D eigenvalue weighted by molar-refractivity contribution is 0.476. The van der Waals surface area contributed by atoms with Gasteiger partial charge in [0.15, 0.2) is 0 Å². The van der Waals surface area contributed by atoms with Gasteiger partial charge in [0.05, 0.1) is 6.33 Å². The molecule has 2 aromatic heterocycles. The summed E-state index contributed by atoms with van der Waals surface area (Å²) in [7, 11) is 0. The molecule has 1 atom stereocenters. The number of nitrogens with one attached hydrogen (secondary N) is 1. The van der Waals surface area contributed by atoms with Gasteiger partial charge in [-0.05, 0) is 25.5 Å². The second-order valence-corrected chi connectivity index (χ2v) is 4.35. The maximum atomic E-state index is 4.28. The van der Waals surface area contributed by atoms with Crippen LogP contribution in [-0.4, -0.2) is 20.6 Å². The van der Waals surface area contributed by atoms with Crippen LogP contribution in [0.5, 0.6) is 0 Å². The van der Waals surface area contributed by atoms with Gasteiger partial charge in [0.1, 0.15) is 0 Å². The van der Waals surface area contributed by atoms with Gasteiger partial charge in [0.2, 0.25) is 0 Å². The van der Waals surface area contributed by atoms with Crippen LogP contribution in [0.25, 0.3) is 0 Å². The van der Waals surface area contributed by atoms with Crippen LogP contribution in [0.2, 0.25) is 0 Å². The topological polar surface area (TPSA) is 42.7 Å². The fourth-order valence-corrected chi connectivity index (χ4v) is 1.67. The molecule has 90 valence electrons. The summed E-state index contributed by atoms with van der Waals surface area (Å²) in [6.07, 6.45) is 7.54. The molecule has 0 fully saturated rings. The molecular weight excluding hydrogens is 212 g/mol. The molecule has 0 aliphatic heterocycles. The summed E-state index contributed by atoms with van der Waals surface area (Å²) in [5.41, 5.74) is 2.27. The third-order valence-electron chi connectivity index (χ3n) is 2.67. The standard InChI is InChI=1S/C13H18N4/c1-11-3-4-13(7-15-11)8-16-12(2)9-17-6-5-14-10-17/h3-7,10,12,16H,8-9H2,1-2H3. The van der Waals surface area contributed by atoms with Gasteiger partial charge in [-0.2, -0.15) is 0 Å². The molecule has 1 N–H and O–H groups in total. The first-order valence-electron chi connectivity index (χ1n) is 5.84. The van der Waals surface area contributed by atoms with Gasteiger partial charge in [-0.1, -0.05) is 6.07 Å². The van der Waals surface area contributed by atoms with Gasteiger partial charge in [0.25, 0.3) is 0 Å². The van der Waals surface area contributed by atoms with Crippen LogP contribution in [0.15, 0.2) is 37.1 Å². The second-order valence-electron chi connectivity index (χ2n) is 4.35. The van der Waals surface area contributed by atoms with Crippen molar-refractivity contribution in [1.29, 1.82) is 0 Å². The van der Waals surface area contributed by atoms with E-state index in [-0.39, 0.29) is 0 Å². The fraction of sp³-hybridized carbons (Fsp3) is 0.385. The van der Waals surface area contributed by atoms with Crippen LogP contribution in [-0.2, 0) is 13.1 Å². The predicted molar refractivity (Wildman–Crippen MR) is 67.5 cm³/mol. The Morgan fingerprint density at radius 3 is 2.94 bits per heavy atom. The number of pyridine rings is 1. The summed E-state index contributed by atoms with van der Waals surface area (Å²) in [5, 5.41) is 3.47. The molecule has 0 amide bonds. The van der Waals surface area contributed by atoms with Crippen molar-refractivity contribution >= 4 is 0 Å². The highest BCUT2D eigenvalue weighted by Crippen LogP contribution is 2.00. The summed E-state index contributed by atoms with van der Waals surface area (Å²) in [6, 6.07) is 4.56. The molecular formula is C13H18N4. The number of imidazole rings is 1. The average Bonchev–Trinajstić information content (AvgIpc) is 2.81. The number of hydrogen-bond donors (Lipinski definition) is 1. The lowest BCUT2D eigenvalue weighted by Crippen LogP contribution is -2.29. The van der Waals surface area contributed by atoms with E-state index >= 15 is 0 Å². The molecule has 4 nitrogen and oxygen atoms in total. The van der Waals surface area contributed by atoms with Gasteiger partial charge in [-0.3, -0.25) is 4.98 Å². The summed E-state index contributed by atoms with van der Waals surface area (Å²) >= 11 is 0. The van der Waals surface area contributed by atoms with Crippen molar-refractivity contribution in [3.8, 4) is 0 Å². The van der Waals surface area contributed by atoms with Gasteiger partial charge in [0, 0.05) is 43.4 Å². The van der Waals surface area contributed by atoms with E-state index in [1.165, 1.54) is 5.56 Å². The van der Waals surface area contributed by atoms with E-state index in [2.05, 4.69) is 32.8 Å². The van der Waals surface area contributed by atoms with Crippen LogP contribution < -0.4 is 5.32 Å². The molecule has 0 bridgehead atoms. The van der Waals surface area contributed by atoms with E-state index in [4.69, 9.17) is 0 Å². The first-order chi connectivity index (χ1) is 8.24. The molecule has 4 heteroatoms. The molecule has 2 rings (SSSR count). The van der Waals surface area contributed by atoms with E-state index in [0.717, 1.165) is 18.8 Å². The van der Waals surface area contributed by atoms with Crippen LogP contribution in [0, 0.1) is 6.92 Å². The molecule has 1 unspecified atom stereocenters. The van der Waals surface area contributed by atoms with Crippen molar-refractivity contribution in [3.05, 3.63) is 48.3 Å². The summed E-state index contributed by atoms with van der Waals surface area (Å²) in [4.78, 5) is 8.31. The van der Waals surface area contributed by atoms with E-state index in [0.29, 0.717) is 6.04 Å². The summed E-state index contributed by atoms with van der Waals surface area (Å²) < 4.78 is 2.07. The number of hydrogen-bond acceptors (Lipinski definition) is 3. The monoisotopic (exact) mass is 230 g/mol. The Bertz CT molecular complexity index is 433. The number of nitrogens with zero attached hydrogens (tertiary/aromatic N) is 3. The maximum absolute atomic E-state index is 4.28. The Balaban J connectivity index is 1.79. The fourth-order valence-electron chi connectivity index (χ4n) is 1.67. The largest absolute Gasteiger partial charge is 0.336 e. The van der Waals surface area contributed by atoms with Crippen LogP contribution in [0.3, 0.4) is 0 Å². The smallest absolute Gasteiger partial charge is 0.0946 e. The van der Waals surface area contributed by atoms with E-state index in [9.17, 15) is 0 Å². The number of aryl methyl sites for hydroxylation is 1. The highest BCUT2D eigenvalue weighted by molar-refractivity contribution is 5.12. The van der Waals surface area contributed by atoms with Gasteiger partial charge < -0.3 is 9.88 Å². The van der Waals surface area contributed by atoms with Crippen molar-refractivity contribution in [2.45, 2.75) is 33.0 Å². The highest BCUT2D eigenvalue weighted by atomic mass is 15.1. The van der Waals surface area contributed by atoms with Crippen molar-refractivity contribution < 1.29 is 0 Å². The minimum absolute atomic E-state index is 0.408. The van der Waals surface area contributed by atoms with Gasteiger partial charge in [-0.25, -0.2) is 4.98 Å². The van der Waals surface area contributed by atoms with Crippen molar-refractivity contribution in [1.82, 2.24) is 19.9 Å². The van der Waals surface area contributed by atoms with Gasteiger partial charge in [-0.15, -0.1) is 0 Å². The summed E-state index contributed by atoms with van der Waals surface area (Å²) in [5.74, 6) is 0. The van der Waals surface area contributed by atoms with Crippen molar-refractivity contribution in [2.24, 2.45) is 0 Å². The number of aromatic nitrogens is 3. The quantitative estimate of drug-likeness (QED) is 0.851. The molecule has 2 heterocycles. The Labute approximate surface area is 102 Å². The lowest BCUT2D eigenvalue weighted by Gasteiger charge is -2.14. The predicted octanol–water partition coefficient (Wildman–Crippen LogP) is 1.76. The molecule has 2 aromatic rings. The maximum Gasteiger partial charge on any atom is 0.0946 e. The Kier molecular flexibility index (Phi) is 3.88. The van der Waals surface area contributed by atoms with Crippen LogP contribution in [0.4, 0.5) is 0 Å². The van der Waals surface area contributed by atoms with E-state index in [1.54, 1.807) is 6.20 Å². The van der Waals surface area contributed by atoms with Crippen LogP contribution >= 0.6 is 0 Å². The molecule has 0 aliphatic rings. The molecule has 17 heavy (non-hydrogen) atoms. The Morgan fingerprint density at radius 1 is 1.41 bits per heavy atom. The average molecular weight is 230 g/mol. The molecule has 0 saturated carbocycles.